The first kappa shape index (κ1) is 46.5. The van der Waals surface area contributed by atoms with Gasteiger partial charge in [0.2, 0.25) is 0 Å². The van der Waals surface area contributed by atoms with Gasteiger partial charge in [0.15, 0.2) is 0 Å². The van der Waals surface area contributed by atoms with Crippen molar-refractivity contribution in [2.45, 2.75) is 31.7 Å². The number of rotatable bonds is 7. The van der Waals surface area contributed by atoms with E-state index in [1.165, 1.54) is 0 Å². The van der Waals surface area contributed by atoms with E-state index in [-0.39, 0.29) is 18.8 Å². The zero-order chi connectivity index (χ0) is 43.1. The van der Waals surface area contributed by atoms with Crippen LogP contribution >= 0.6 is 0 Å². The highest BCUT2D eigenvalue weighted by Gasteiger charge is 2.36. The lowest BCUT2D eigenvalue weighted by Crippen LogP contribution is -2.10. The second-order valence-electron chi connectivity index (χ2n) is 11.0. The van der Waals surface area contributed by atoms with E-state index in [1.54, 1.807) is 30.3 Å². The predicted molar refractivity (Wildman–Crippen MR) is 180 cm³/mol. The maximum Gasteiger partial charge on any atom is 0.419 e. The molecule has 0 atom stereocenters. The molecule has 57 heavy (non-hydrogen) atoms. The van der Waals surface area contributed by atoms with Crippen LogP contribution in [-0.4, -0.2) is 43.4 Å². The zero-order valence-electron chi connectivity index (χ0n) is 28.5. The fraction of sp³-hybridized carbons (Fsp3) is 0.132. The number of phenolic OH excluding ortho intramolecular Hbond substituents is 1. The Hall–Kier alpha value is -6.63. The molecule has 0 amide bonds. The molecule has 0 fully saturated rings. The molecule has 5 aromatic rings. The van der Waals surface area contributed by atoms with E-state index in [4.69, 9.17) is 30.3 Å². The highest BCUT2D eigenvalue weighted by molar-refractivity contribution is 5.89. The lowest BCUT2D eigenvalue weighted by molar-refractivity contribution is -0.140. The molecule has 0 aliphatic rings. The number of carboxylic acid groups (broad SMARTS) is 3. The Bertz CT molecular complexity index is 2030. The first-order chi connectivity index (χ1) is 26.4. The van der Waals surface area contributed by atoms with Gasteiger partial charge in [0.05, 0.1) is 40.0 Å². The number of halogens is 10. The maximum atomic E-state index is 12.9. The van der Waals surface area contributed by atoms with Crippen molar-refractivity contribution in [2.24, 2.45) is 0 Å². The van der Waals surface area contributed by atoms with E-state index in [0.29, 0.717) is 42.0 Å². The standard InChI is InChI=1S/C15H11F3O3.C8H4F4O2.C8H5F3O3.C7H8O/c16-15(17,18)12-7-6-11(14(19)20)8-13(12)21-9-10-4-2-1-3-5-10;9-6-3-4(7(13)14)1-2-5(6)8(10,11)12;9-8(10,11)5-2-1-4(7(13)14)3-6(5)12;8-6-7-4-2-1-3-5-7/h1-8H,9H2,(H,19,20);1-3H,(H,13,14);1-3,12H,(H,13,14);1-5,8H,6H2. The maximum absolute atomic E-state index is 12.9. The van der Waals surface area contributed by atoms with Crippen LogP contribution < -0.4 is 4.74 Å². The average molecular weight is 819 g/mol. The van der Waals surface area contributed by atoms with Gasteiger partial charge in [-0.05, 0) is 65.7 Å². The molecule has 0 saturated carbocycles. The average Bonchev–Trinajstić information content (AvgIpc) is 3.13. The molecule has 0 aliphatic heterocycles. The van der Waals surface area contributed by atoms with Gasteiger partial charge >= 0.3 is 36.4 Å². The minimum Gasteiger partial charge on any atom is -0.507 e. The van der Waals surface area contributed by atoms with Crippen LogP contribution in [0.5, 0.6) is 11.5 Å². The van der Waals surface area contributed by atoms with Gasteiger partial charge in [-0.3, -0.25) is 0 Å². The molecule has 19 heteroatoms. The zero-order valence-corrected chi connectivity index (χ0v) is 28.5. The molecular formula is C38H28F10O9. The minimum absolute atomic E-state index is 0.0764. The quantitative estimate of drug-likeness (QED) is 0.101. The molecule has 0 unspecified atom stereocenters. The van der Waals surface area contributed by atoms with Gasteiger partial charge in [-0.1, -0.05) is 60.7 Å². The van der Waals surface area contributed by atoms with Gasteiger partial charge in [-0.25, -0.2) is 18.8 Å². The first-order valence-corrected chi connectivity index (χ1v) is 15.4. The van der Waals surface area contributed by atoms with Crippen molar-refractivity contribution < 1.29 is 88.6 Å². The number of ether oxygens (including phenoxy) is 1. The van der Waals surface area contributed by atoms with Crippen molar-refractivity contribution in [1.82, 2.24) is 0 Å². The number of benzene rings is 5. The Balaban J connectivity index is 0.000000276. The summed E-state index contributed by atoms with van der Waals surface area (Å²) in [5.41, 5.74) is -3.23. The van der Waals surface area contributed by atoms with Crippen molar-refractivity contribution in [3.05, 3.63) is 166 Å². The molecule has 0 aromatic heterocycles. The molecule has 5 rings (SSSR count). The van der Waals surface area contributed by atoms with Crippen LogP contribution in [0.15, 0.2) is 115 Å². The summed E-state index contributed by atoms with van der Waals surface area (Å²) >= 11 is 0. The summed E-state index contributed by atoms with van der Waals surface area (Å²) in [6.45, 7) is 0.0633. The molecule has 0 radical (unpaired) electrons. The molecule has 5 aromatic carbocycles. The summed E-state index contributed by atoms with van der Waals surface area (Å²) in [5, 5.41) is 43.0. The third kappa shape index (κ3) is 15.2. The molecule has 0 saturated heterocycles. The van der Waals surface area contributed by atoms with Gasteiger partial charge in [0.25, 0.3) is 0 Å². The highest BCUT2D eigenvalue weighted by atomic mass is 19.4. The van der Waals surface area contributed by atoms with Crippen LogP contribution in [0.2, 0.25) is 0 Å². The van der Waals surface area contributed by atoms with Crippen LogP contribution in [0.4, 0.5) is 43.9 Å². The van der Waals surface area contributed by atoms with E-state index in [2.05, 4.69) is 0 Å². The number of carbonyl (C=O) groups is 3. The number of aromatic hydroxyl groups is 1. The topological polar surface area (TPSA) is 162 Å². The molecule has 0 spiro atoms. The van der Waals surface area contributed by atoms with Gasteiger partial charge in [0.1, 0.15) is 23.9 Å². The van der Waals surface area contributed by atoms with Gasteiger partial charge in [-0.15, -0.1) is 0 Å². The molecule has 0 bridgehead atoms. The second kappa shape index (κ2) is 20.3. The summed E-state index contributed by atoms with van der Waals surface area (Å²) in [7, 11) is 0. The van der Waals surface area contributed by atoms with Crippen molar-refractivity contribution in [1.29, 1.82) is 0 Å². The normalized spacial score (nSPS) is 11.0. The van der Waals surface area contributed by atoms with E-state index >= 15 is 0 Å². The molecule has 304 valence electrons. The number of aliphatic hydroxyl groups is 1. The minimum atomic E-state index is -4.80. The predicted octanol–water partition coefficient (Wildman–Crippen LogP) is 9.81. The summed E-state index contributed by atoms with van der Waals surface area (Å²) < 4.78 is 129. The summed E-state index contributed by atoms with van der Waals surface area (Å²) in [4.78, 5) is 31.4. The van der Waals surface area contributed by atoms with E-state index < -0.39 is 81.6 Å². The van der Waals surface area contributed by atoms with Crippen LogP contribution in [0, 0.1) is 5.82 Å². The Kier molecular flexibility index (Phi) is 16.6. The fourth-order valence-electron chi connectivity index (χ4n) is 4.11. The van der Waals surface area contributed by atoms with E-state index in [1.807, 2.05) is 30.3 Å². The van der Waals surface area contributed by atoms with Crippen LogP contribution in [0.3, 0.4) is 0 Å². The third-order valence-corrected chi connectivity index (χ3v) is 6.87. The van der Waals surface area contributed by atoms with Crippen molar-refractivity contribution in [3.8, 4) is 11.5 Å². The van der Waals surface area contributed by atoms with Gasteiger partial charge in [0, 0.05) is 0 Å². The Labute approximate surface area is 315 Å². The molecule has 0 aliphatic carbocycles. The van der Waals surface area contributed by atoms with Crippen molar-refractivity contribution >= 4 is 17.9 Å². The third-order valence-electron chi connectivity index (χ3n) is 6.87. The number of aromatic carboxylic acids is 3. The molecule has 9 nitrogen and oxygen atoms in total. The summed E-state index contributed by atoms with van der Waals surface area (Å²) in [6, 6.07) is 24.0. The van der Waals surface area contributed by atoms with Crippen LogP contribution in [-0.2, 0) is 31.7 Å². The Morgan fingerprint density at radius 2 is 0.895 bits per heavy atom. The van der Waals surface area contributed by atoms with Crippen molar-refractivity contribution in [3.63, 3.8) is 0 Å². The van der Waals surface area contributed by atoms with Crippen LogP contribution in [0.25, 0.3) is 0 Å². The SMILES string of the molecule is O=C(O)c1ccc(C(F)(F)F)c(F)c1.O=C(O)c1ccc(C(F)(F)F)c(O)c1.O=C(O)c1ccc(C(F)(F)F)c(OCc2ccccc2)c1.OCc1ccccc1. The monoisotopic (exact) mass is 818 g/mol. The largest absolute Gasteiger partial charge is 0.507 e. The number of alkyl halides is 9. The van der Waals surface area contributed by atoms with E-state index in [9.17, 15) is 58.3 Å². The number of phenols is 1. The summed E-state index contributed by atoms with van der Waals surface area (Å²) in [5.74, 6) is -7.35. The summed E-state index contributed by atoms with van der Waals surface area (Å²) in [6.07, 6.45) is -14.1. The van der Waals surface area contributed by atoms with E-state index in [0.717, 1.165) is 23.8 Å². The smallest absolute Gasteiger partial charge is 0.419 e. The Morgan fingerprint density at radius 1 is 0.509 bits per heavy atom. The molecular weight excluding hydrogens is 790 g/mol. The highest BCUT2D eigenvalue weighted by Crippen LogP contribution is 2.38. The number of hydrogen-bond acceptors (Lipinski definition) is 6. The second-order valence-corrected chi connectivity index (χ2v) is 11.0. The number of carboxylic acids is 3. The fourth-order valence-corrected chi connectivity index (χ4v) is 4.11. The first-order valence-electron chi connectivity index (χ1n) is 15.4. The number of aliphatic hydroxyl groups excluding tert-OH is 1. The van der Waals surface area contributed by atoms with Crippen LogP contribution in [0.1, 0.15) is 58.9 Å². The Morgan fingerprint density at radius 3 is 1.26 bits per heavy atom. The number of hydrogen-bond donors (Lipinski definition) is 5. The van der Waals surface area contributed by atoms with Gasteiger partial charge in [-0.2, -0.15) is 39.5 Å². The van der Waals surface area contributed by atoms with Gasteiger partial charge < -0.3 is 30.3 Å². The lowest BCUT2D eigenvalue weighted by atomic mass is 10.1. The molecule has 0 heterocycles. The lowest BCUT2D eigenvalue weighted by Gasteiger charge is -2.14. The van der Waals surface area contributed by atoms with Crippen molar-refractivity contribution in [2.75, 3.05) is 0 Å². The molecule has 5 N–H and O–H groups in total.